The fourth-order valence-electron chi connectivity index (χ4n) is 1.39. The third kappa shape index (κ3) is 3.14. The number of imidazole rings is 1. The molecular weight excluding hydrogens is 266 g/mol. The molecule has 0 atom stereocenters. The highest BCUT2D eigenvalue weighted by molar-refractivity contribution is 6.30. The highest BCUT2D eigenvalue weighted by Gasteiger charge is 2.01. The Labute approximate surface area is 111 Å². The molecule has 2 nitrogen and oxygen atoms in total. The van der Waals surface area contributed by atoms with Gasteiger partial charge in [-0.1, -0.05) is 23.7 Å². The van der Waals surface area contributed by atoms with Gasteiger partial charge in [0.25, 0.3) is 0 Å². The van der Waals surface area contributed by atoms with E-state index in [0.29, 0.717) is 5.88 Å². The van der Waals surface area contributed by atoms with E-state index in [1.165, 1.54) is 5.56 Å². The van der Waals surface area contributed by atoms with Gasteiger partial charge < -0.3 is 4.57 Å². The van der Waals surface area contributed by atoms with Gasteiger partial charge in [0, 0.05) is 17.8 Å². The van der Waals surface area contributed by atoms with E-state index in [1.807, 2.05) is 28.8 Å². The topological polar surface area (TPSA) is 17.8 Å². The van der Waals surface area contributed by atoms with Crippen molar-refractivity contribution < 1.29 is 0 Å². The second kappa shape index (κ2) is 6.14. The summed E-state index contributed by atoms with van der Waals surface area (Å²) in [5, 5.41) is 0.752. The smallest absolute Gasteiger partial charge is 0.0951 e. The minimum Gasteiger partial charge on any atom is -0.329 e. The number of aromatic nitrogens is 2. The number of hydrogen-bond acceptors (Lipinski definition) is 1. The Hall–Kier alpha value is -0.700. The molecule has 1 heterocycles. The number of benzene rings is 1. The summed E-state index contributed by atoms with van der Waals surface area (Å²) < 4.78 is 2.02. The Balaban J connectivity index is 0.00000128. The second-order valence-corrected chi connectivity index (χ2v) is 3.98. The van der Waals surface area contributed by atoms with E-state index < -0.39 is 0 Å². The van der Waals surface area contributed by atoms with Crippen molar-refractivity contribution >= 4 is 35.6 Å². The van der Waals surface area contributed by atoms with Crippen LogP contribution in [0.4, 0.5) is 0 Å². The summed E-state index contributed by atoms with van der Waals surface area (Å²) in [6.45, 7) is 0.777. The molecule has 0 saturated heterocycles. The third-order valence-electron chi connectivity index (χ3n) is 2.20. The lowest BCUT2D eigenvalue weighted by Crippen LogP contribution is -2.01. The van der Waals surface area contributed by atoms with Gasteiger partial charge in [0.05, 0.1) is 17.9 Å². The number of hydrogen-bond donors (Lipinski definition) is 0. The first-order valence-electron chi connectivity index (χ1n) is 4.59. The molecule has 2 rings (SSSR count). The first kappa shape index (κ1) is 13.4. The van der Waals surface area contributed by atoms with E-state index in [2.05, 4.69) is 4.98 Å². The van der Waals surface area contributed by atoms with Crippen LogP contribution in [0.1, 0.15) is 11.3 Å². The number of alkyl halides is 1. The van der Waals surface area contributed by atoms with Crippen LogP contribution in [0.2, 0.25) is 5.02 Å². The third-order valence-corrected chi connectivity index (χ3v) is 2.73. The average Bonchev–Trinajstić information content (AvgIpc) is 2.69. The fraction of sp³-hybridized carbons (Fsp3) is 0.182. The molecule has 0 radical (unpaired) electrons. The van der Waals surface area contributed by atoms with Crippen LogP contribution >= 0.6 is 35.6 Å². The van der Waals surface area contributed by atoms with E-state index in [4.69, 9.17) is 23.2 Å². The number of rotatable bonds is 3. The standard InChI is InChI=1S/C11H10Cl2N2.ClH/c12-5-11-6-14-8-15(11)7-9-1-3-10(13)4-2-9;/h1-4,6,8H,5,7H2;1H. The maximum atomic E-state index is 5.81. The lowest BCUT2D eigenvalue weighted by Gasteiger charge is -2.05. The Morgan fingerprint density at radius 3 is 2.50 bits per heavy atom. The van der Waals surface area contributed by atoms with Crippen LogP contribution in [0.15, 0.2) is 36.8 Å². The van der Waals surface area contributed by atoms with Gasteiger partial charge >= 0.3 is 0 Å². The van der Waals surface area contributed by atoms with Crippen LogP contribution in [-0.2, 0) is 12.4 Å². The molecule has 0 N–H and O–H groups in total. The van der Waals surface area contributed by atoms with Gasteiger partial charge in [0.1, 0.15) is 0 Å². The van der Waals surface area contributed by atoms with Gasteiger partial charge in [0.2, 0.25) is 0 Å². The van der Waals surface area contributed by atoms with Gasteiger partial charge in [-0.2, -0.15) is 0 Å². The van der Waals surface area contributed by atoms with Crippen LogP contribution in [0.25, 0.3) is 0 Å². The maximum absolute atomic E-state index is 5.81. The minimum absolute atomic E-state index is 0. The van der Waals surface area contributed by atoms with E-state index in [1.54, 1.807) is 12.5 Å². The molecule has 0 aliphatic carbocycles. The lowest BCUT2D eigenvalue weighted by molar-refractivity contribution is 0.765. The van der Waals surface area contributed by atoms with E-state index in [9.17, 15) is 0 Å². The molecule has 0 fully saturated rings. The van der Waals surface area contributed by atoms with Crippen LogP contribution in [0, 0.1) is 0 Å². The summed E-state index contributed by atoms with van der Waals surface area (Å²) in [5.41, 5.74) is 2.20. The summed E-state index contributed by atoms with van der Waals surface area (Å²) in [6, 6.07) is 7.77. The van der Waals surface area contributed by atoms with Gasteiger partial charge in [-0.15, -0.1) is 24.0 Å². The zero-order valence-electron chi connectivity index (χ0n) is 8.44. The highest BCUT2D eigenvalue weighted by Crippen LogP contribution is 2.12. The normalized spacial score (nSPS) is 9.88. The molecule has 2 aromatic rings. The first-order valence-corrected chi connectivity index (χ1v) is 5.50. The van der Waals surface area contributed by atoms with Crippen molar-refractivity contribution in [1.82, 2.24) is 9.55 Å². The monoisotopic (exact) mass is 276 g/mol. The van der Waals surface area contributed by atoms with Crippen LogP contribution in [-0.4, -0.2) is 9.55 Å². The van der Waals surface area contributed by atoms with Crippen LogP contribution in [0.5, 0.6) is 0 Å². The Kier molecular flexibility index (Phi) is 5.13. The quantitative estimate of drug-likeness (QED) is 0.781. The second-order valence-electron chi connectivity index (χ2n) is 3.27. The summed E-state index contributed by atoms with van der Waals surface area (Å²) in [6.07, 6.45) is 3.56. The van der Waals surface area contributed by atoms with Crippen molar-refractivity contribution in [1.29, 1.82) is 0 Å². The molecule has 0 saturated carbocycles. The molecule has 1 aromatic carbocycles. The molecule has 16 heavy (non-hydrogen) atoms. The van der Waals surface area contributed by atoms with Gasteiger partial charge in [-0.3, -0.25) is 0 Å². The first-order chi connectivity index (χ1) is 7.29. The van der Waals surface area contributed by atoms with Crippen molar-refractivity contribution in [3.05, 3.63) is 53.1 Å². The summed E-state index contributed by atoms with van der Waals surface area (Å²) in [7, 11) is 0. The summed E-state index contributed by atoms with van der Waals surface area (Å²) in [4.78, 5) is 4.06. The van der Waals surface area contributed by atoms with E-state index in [0.717, 1.165) is 17.3 Å². The maximum Gasteiger partial charge on any atom is 0.0951 e. The zero-order chi connectivity index (χ0) is 10.7. The van der Waals surface area contributed by atoms with Crippen molar-refractivity contribution in [2.24, 2.45) is 0 Å². The van der Waals surface area contributed by atoms with Gasteiger partial charge in [-0.05, 0) is 17.7 Å². The van der Waals surface area contributed by atoms with Gasteiger partial charge in [-0.25, -0.2) is 4.98 Å². The largest absolute Gasteiger partial charge is 0.329 e. The summed E-state index contributed by atoms with van der Waals surface area (Å²) in [5.74, 6) is 0.480. The molecule has 0 amide bonds. The van der Waals surface area contributed by atoms with Crippen molar-refractivity contribution in [3.8, 4) is 0 Å². The zero-order valence-corrected chi connectivity index (χ0v) is 10.8. The fourth-order valence-corrected chi connectivity index (χ4v) is 1.74. The molecule has 86 valence electrons. The molecule has 0 aliphatic rings. The predicted molar refractivity (Wildman–Crippen MR) is 69.6 cm³/mol. The molecular formula is C11H11Cl3N2. The Morgan fingerprint density at radius 1 is 1.19 bits per heavy atom. The van der Waals surface area contributed by atoms with Crippen molar-refractivity contribution in [2.75, 3.05) is 0 Å². The molecule has 5 heteroatoms. The van der Waals surface area contributed by atoms with Gasteiger partial charge in [0.15, 0.2) is 0 Å². The Morgan fingerprint density at radius 2 is 1.88 bits per heavy atom. The SMILES string of the molecule is Cl.ClCc1cncn1Cc1ccc(Cl)cc1. The van der Waals surface area contributed by atoms with E-state index >= 15 is 0 Å². The lowest BCUT2D eigenvalue weighted by atomic mass is 10.2. The molecule has 0 bridgehead atoms. The highest BCUT2D eigenvalue weighted by atomic mass is 35.5. The van der Waals surface area contributed by atoms with Crippen LogP contribution < -0.4 is 0 Å². The minimum atomic E-state index is 0. The van der Waals surface area contributed by atoms with Crippen LogP contribution in [0.3, 0.4) is 0 Å². The van der Waals surface area contributed by atoms with E-state index in [-0.39, 0.29) is 12.4 Å². The number of nitrogens with zero attached hydrogens (tertiary/aromatic N) is 2. The Bertz CT molecular complexity index is 437. The molecule has 0 spiro atoms. The molecule has 0 aliphatic heterocycles. The molecule has 0 unspecified atom stereocenters. The molecule has 1 aromatic heterocycles. The predicted octanol–water partition coefficient (Wildman–Crippen LogP) is 3.75. The number of halogens is 3. The summed E-state index contributed by atoms with van der Waals surface area (Å²) >= 11 is 11.6. The average molecular weight is 278 g/mol. The van der Waals surface area contributed by atoms with Crippen molar-refractivity contribution in [3.63, 3.8) is 0 Å². The van der Waals surface area contributed by atoms with Crippen molar-refractivity contribution in [2.45, 2.75) is 12.4 Å².